The Morgan fingerprint density at radius 3 is 2.38 bits per heavy atom. The van der Waals surface area contributed by atoms with Crippen LogP contribution in [-0.4, -0.2) is 12.5 Å². The fourth-order valence-electron chi connectivity index (χ4n) is 2.60. The van der Waals surface area contributed by atoms with Crippen LogP contribution in [0.1, 0.15) is 11.1 Å². The van der Waals surface area contributed by atoms with E-state index in [1.54, 1.807) is 24.3 Å². The minimum atomic E-state index is -0.292. The van der Waals surface area contributed by atoms with Crippen LogP contribution in [0, 0.1) is 6.92 Å². The van der Waals surface area contributed by atoms with Crippen molar-refractivity contribution in [1.29, 1.82) is 0 Å². The lowest BCUT2D eigenvalue weighted by Crippen LogP contribution is -2.20. The third-order valence-electron chi connectivity index (χ3n) is 4.17. The number of carbonyl (C=O) groups is 1. The zero-order chi connectivity index (χ0) is 20.8. The summed E-state index contributed by atoms with van der Waals surface area (Å²) < 4.78 is 5.56. The molecule has 0 aliphatic carbocycles. The molecule has 0 unspecified atom stereocenters. The summed E-state index contributed by atoms with van der Waals surface area (Å²) in [6, 6.07) is 18.2. The van der Waals surface area contributed by atoms with Crippen molar-refractivity contribution in [1.82, 2.24) is 0 Å². The van der Waals surface area contributed by atoms with Crippen molar-refractivity contribution in [2.24, 2.45) is 0 Å². The summed E-state index contributed by atoms with van der Waals surface area (Å²) in [7, 11) is 0. The largest absolute Gasteiger partial charge is 0.482 e. The Morgan fingerprint density at radius 2 is 1.66 bits per heavy atom. The number of ether oxygens (including phenoxy) is 1. The summed E-state index contributed by atoms with van der Waals surface area (Å²) in [6.07, 6.45) is 0. The van der Waals surface area contributed by atoms with Crippen LogP contribution in [0.4, 0.5) is 11.4 Å². The highest BCUT2D eigenvalue weighted by Gasteiger charge is 2.09. The summed E-state index contributed by atoms with van der Waals surface area (Å²) in [5, 5.41) is 7.75. The minimum absolute atomic E-state index is 0.159. The van der Waals surface area contributed by atoms with Crippen LogP contribution in [0.25, 0.3) is 0 Å². The first-order chi connectivity index (χ1) is 13.9. The van der Waals surface area contributed by atoms with E-state index in [1.165, 1.54) is 0 Å². The number of rotatable bonds is 7. The summed E-state index contributed by atoms with van der Waals surface area (Å²) in [4.78, 5) is 12.2. The molecular formula is C22H19Cl3N2O2. The topological polar surface area (TPSA) is 50.4 Å². The number of hydrogen-bond acceptors (Lipinski definition) is 3. The van der Waals surface area contributed by atoms with Gasteiger partial charge in [0.1, 0.15) is 5.75 Å². The summed E-state index contributed by atoms with van der Waals surface area (Å²) >= 11 is 18.2. The van der Waals surface area contributed by atoms with Gasteiger partial charge in [-0.2, -0.15) is 0 Å². The lowest BCUT2D eigenvalue weighted by atomic mass is 10.2. The number of benzene rings is 3. The molecule has 3 aromatic rings. The van der Waals surface area contributed by atoms with Crippen LogP contribution in [0.15, 0.2) is 60.7 Å². The zero-order valence-electron chi connectivity index (χ0n) is 15.6. The zero-order valence-corrected chi connectivity index (χ0v) is 17.9. The molecule has 0 heterocycles. The van der Waals surface area contributed by atoms with E-state index < -0.39 is 0 Å². The molecule has 0 saturated heterocycles. The first kappa shape index (κ1) is 21.3. The second-order valence-corrected chi connectivity index (χ2v) is 7.70. The highest BCUT2D eigenvalue weighted by Crippen LogP contribution is 2.26. The van der Waals surface area contributed by atoms with Gasteiger partial charge in [0.25, 0.3) is 5.91 Å². The number of amides is 1. The normalized spacial score (nSPS) is 10.5. The number of anilines is 2. The molecule has 7 heteroatoms. The molecule has 2 N–H and O–H groups in total. The quantitative estimate of drug-likeness (QED) is 0.428. The van der Waals surface area contributed by atoms with Gasteiger partial charge in [0.2, 0.25) is 0 Å². The number of aryl methyl sites for hydroxylation is 1. The molecule has 3 rings (SSSR count). The first-order valence-corrected chi connectivity index (χ1v) is 10.0. The summed E-state index contributed by atoms with van der Waals surface area (Å²) in [5.41, 5.74) is 3.51. The van der Waals surface area contributed by atoms with Crippen LogP contribution in [-0.2, 0) is 11.3 Å². The molecule has 4 nitrogen and oxygen atoms in total. The molecule has 0 aliphatic heterocycles. The molecule has 0 aliphatic rings. The Hall–Kier alpha value is -2.40. The highest BCUT2D eigenvalue weighted by atomic mass is 35.5. The van der Waals surface area contributed by atoms with Crippen molar-refractivity contribution in [3.63, 3.8) is 0 Å². The molecule has 1 amide bonds. The summed E-state index contributed by atoms with van der Waals surface area (Å²) in [6.45, 7) is 2.32. The molecule has 0 bridgehead atoms. The van der Waals surface area contributed by atoms with E-state index in [0.29, 0.717) is 33.0 Å². The molecule has 150 valence electrons. The third-order valence-corrected chi connectivity index (χ3v) is 4.95. The van der Waals surface area contributed by atoms with E-state index in [1.807, 2.05) is 43.3 Å². The maximum Gasteiger partial charge on any atom is 0.262 e. The van der Waals surface area contributed by atoms with Crippen molar-refractivity contribution < 1.29 is 9.53 Å². The molecule has 0 aromatic heterocycles. The van der Waals surface area contributed by atoms with E-state index >= 15 is 0 Å². The first-order valence-electron chi connectivity index (χ1n) is 8.87. The molecule has 0 radical (unpaired) electrons. The monoisotopic (exact) mass is 448 g/mol. The number of hydrogen-bond donors (Lipinski definition) is 2. The minimum Gasteiger partial charge on any atom is -0.482 e. The van der Waals surface area contributed by atoms with Crippen molar-refractivity contribution in [3.05, 3.63) is 86.9 Å². The Morgan fingerprint density at radius 1 is 0.931 bits per heavy atom. The predicted octanol–water partition coefficient (Wildman–Crippen LogP) is 6.58. The molecule has 29 heavy (non-hydrogen) atoms. The smallest absolute Gasteiger partial charge is 0.262 e. The van der Waals surface area contributed by atoms with Crippen molar-refractivity contribution in [3.8, 4) is 5.75 Å². The molecule has 0 spiro atoms. The Labute approximate surface area is 184 Å². The standard InChI is InChI=1S/C22H19Cl3N2O2/c1-14-2-4-17(24)11-20(14)27-22(28)13-29-21-9-3-15(10-19(21)25)12-26-18-7-5-16(23)6-8-18/h2-11,26H,12-13H2,1H3,(H,27,28). The van der Waals surface area contributed by atoms with Gasteiger partial charge in [-0.15, -0.1) is 0 Å². The van der Waals surface area contributed by atoms with Crippen LogP contribution >= 0.6 is 34.8 Å². The summed E-state index contributed by atoms with van der Waals surface area (Å²) in [5.74, 6) is 0.153. The average Bonchev–Trinajstić information content (AvgIpc) is 2.69. The van der Waals surface area contributed by atoms with Gasteiger partial charge in [-0.25, -0.2) is 0 Å². The third kappa shape index (κ3) is 6.29. The maximum atomic E-state index is 12.2. The molecule has 0 atom stereocenters. The van der Waals surface area contributed by atoms with Gasteiger partial charge in [0.05, 0.1) is 5.02 Å². The molecule has 0 fully saturated rings. The number of carbonyl (C=O) groups excluding carboxylic acids is 1. The lowest BCUT2D eigenvalue weighted by molar-refractivity contribution is -0.118. The SMILES string of the molecule is Cc1ccc(Cl)cc1NC(=O)COc1ccc(CNc2ccc(Cl)cc2)cc1Cl. The predicted molar refractivity (Wildman–Crippen MR) is 121 cm³/mol. The van der Waals surface area contributed by atoms with Crippen LogP contribution in [0.3, 0.4) is 0 Å². The number of nitrogens with one attached hydrogen (secondary N) is 2. The van der Waals surface area contributed by atoms with E-state index in [0.717, 1.165) is 16.8 Å². The Balaban J connectivity index is 1.54. The van der Waals surface area contributed by atoms with E-state index in [2.05, 4.69) is 10.6 Å². The highest BCUT2D eigenvalue weighted by molar-refractivity contribution is 6.32. The van der Waals surface area contributed by atoms with Crippen LogP contribution in [0.5, 0.6) is 5.75 Å². The lowest BCUT2D eigenvalue weighted by Gasteiger charge is -2.12. The fraction of sp³-hybridized carbons (Fsp3) is 0.136. The molecular weight excluding hydrogens is 431 g/mol. The van der Waals surface area contributed by atoms with E-state index in [4.69, 9.17) is 39.5 Å². The second-order valence-electron chi connectivity index (χ2n) is 6.42. The van der Waals surface area contributed by atoms with Gasteiger partial charge < -0.3 is 15.4 Å². The van der Waals surface area contributed by atoms with Gasteiger partial charge in [-0.1, -0.05) is 46.9 Å². The van der Waals surface area contributed by atoms with Crippen LogP contribution in [0.2, 0.25) is 15.1 Å². The Kier molecular flexibility index (Phi) is 7.26. The maximum absolute atomic E-state index is 12.2. The molecule has 3 aromatic carbocycles. The van der Waals surface area contributed by atoms with Gasteiger partial charge >= 0.3 is 0 Å². The van der Waals surface area contributed by atoms with Gasteiger partial charge in [-0.3, -0.25) is 4.79 Å². The average molecular weight is 450 g/mol. The van der Waals surface area contributed by atoms with Gasteiger partial charge in [0.15, 0.2) is 6.61 Å². The number of halogens is 3. The van der Waals surface area contributed by atoms with Gasteiger partial charge in [-0.05, 0) is 66.6 Å². The van der Waals surface area contributed by atoms with Crippen molar-refractivity contribution >= 4 is 52.1 Å². The Bertz CT molecular complexity index is 1010. The molecule has 0 saturated carbocycles. The van der Waals surface area contributed by atoms with E-state index in [-0.39, 0.29) is 12.5 Å². The van der Waals surface area contributed by atoms with Crippen molar-refractivity contribution in [2.45, 2.75) is 13.5 Å². The second kappa shape index (κ2) is 9.88. The fourth-order valence-corrected chi connectivity index (χ4v) is 3.16. The van der Waals surface area contributed by atoms with Gasteiger partial charge in [0, 0.05) is 28.0 Å². The van der Waals surface area contributed by atoms with Crippen molar-refractivity contribution in [2.75, 3.05) is 17.2 Å². The van der Waals surface area contributed by atoms with Crippen LogP contribution < -0.4 is 15.4 Å². The van der Waals surface area contributed by atoms with E-state index in [9.17, 15) is 4.79 Å².